The van der Waals surface area contributed by atoms with E-state index in [2.05, 4.69) is 16.2 Å². The lowest BCUT2D eigenvalue weighted by molar-refractivity contribution is -0.192. The fraction of sp³-hybridized carbons (Fsp3) is 0.450. The van der Waals surface area contributed by atoms with Gasteiger partial charge in [-0.15, -0.1) is 0 Å². The van der Waals surface area contributed by atoms with Crippen molar-refractivity contribution >= 4 is 23.5 Å². The Kier molecular flexibility index (Phi) is 6.90. The van der Waals surface area contributed by atoms with Gasteiger partial charge in [-0.05, 0) is 31.0 Å². The molecule has 0 aliphatic carbocycles. The van der Waals surface area contributed by atoms with Gasteiger partial charge in [0.15, 0.2) is 0 Å². The number of hydrogen-bond donors (Lipinski definition) is 1. The SMILES string of the molecule is Cn1cc(CN2CC[C@@H]3[C@@H]2CCN3C(=O)c2cccc(Cl)c2)cn1.O=C(O)C(F)(F)F. The van der Waals surface area contributed by atoms with Crippen molar-refractivity contribution in [2.75, 3.05) is 13.1 Å². The molecule has 0 unspecified atom stereocenters. The third-order valence-corrected chi connectivity index (χ3v) is 5.65. The Balaban J connectivity index is 0.000000339. The smallest absolute Gasteiger partial charge is 0.475 e. The van der Waals surface area contributed by atoms with Gasteiger partial charge in [0.05, 0.1) is 6.20 Å². The first kappa shape index (κ1) is 23.1. The number of benzene rings is 1. The highest BCUT2D eigenvalue weighted by Gasteiger charge is 2.44. The van der Waals surface area contributed by atoms with Gasteiger partial charge in [0.2, 0.25) is 0 Å². The lowest BCUT2D eigenvalue weighted by Crippen LogP contribution is -2.39. The monoisotopic (exact) mass is 458 g/mol. The first-order chi connectivity index (χ1) is 14.6. The molecule has 2 saturated heterocycles. The number of alkyl halides is 3. The Morgan fingerprint density at radius 3 is 2.48 bits per heavy atom. The van der Waals surface area contributed by atoms with Crippen molar-refractivity contribution < 1.29 is 27.9 Å². The number of hydrogen-bond acceptors (Lipinski definition) is 4. The van der Waals surface area contributed by atoms with Crippen molar-refractivity contribution in [2.45, 2.75) is 37.6 Å². The zero-order valence-corrected chi connectivity index (χ0v) is 17.5. The van der Waals surface area contributed by atoms with Crippen LogP contribution in [-0.2, 0) is 18.4 Å². The minimum atomic E-state index is -5.08. The van der Waals surface area contributed by atoms with Crippen molar-refractivity contribution in [2.24, 2.45) is 7.05 Å². The van der Waals surface area contributed by atoms with E-state index in [9.17, 15) is 18.0 Å². The van der Waals surface area contributed by atoms with Gasteiger partial charge < -0.3 is 10.0 Å². The number of carbonyl (C=O) groups excluding carboxylic acids is 1. The lowest BCUT2D eigenvalue weighted by Gasteiger charge is -2.25. The van der Waals surface area contributed by atoms with E-state index in [1.54, 1.807) is 12.1 Å². The summed E-state index contributed by atoms with van der Waals surface area (Å²) in [6.07, 6.45) is 0.989. The van der Waals surface area contributed by atoms with E-state index in [4.69, 9.17) is 21.5 Å². The highest BCUT2D eigenvalue weighted by Crippen LogP contribution is 2.33. The summed E-state index contributed by atoms with van der Waals surface area (Å²) in [6, 6.07) is 8.02. The highest BCUT2D eigenvalue weighted by atomic mass is 35.5. The summed E-state index contributed by atoms with van der Waals surface area (Å²) < 4.78 is 33.6. The van der Waals surface area contributed by atoms with E-state index in [0.717, 1.165) is 32.5 Å². The molecule has 1 N–H and O–H groups in total. The second-order valence-corrected chi connectivity index (χ2v) is 7.95. The van der Waals surface area contributed by atoms with Gasteiger partial charge in [-0.3, -0.25) is 14.4 Å². The van der Waals surface area contributed by atoms with E-state index < -0.39 is 12.1 Å². The number of aryl methyl sites for hydroxylation is 1. The van der Waals surface area contributed by atoms with Crippen molar-refractivity contribution in [1.29, 1.82) is 0 Å². The van der Waals surface area contributed by atoms with Crippen molar-refractivity contribution in [3.8, 4) is 0 Å². The molecule has 31 heavy (non-hydrogen) atoms. The van der Waals surface area contributed by atoms with Gasteiger partial charge in [0.1, 0.15) is 0 Å². The average molecular weight is 459 g/mol. The summed E-state index contributed by atoms with van der Waals surface area (Å²) in [6.45, 7) is 2.77. The summed E-state index contributed by atoms with van der Waals surface area (Å²) in [4.78, 5) is 26.3. The van der Waals surface area contributed by atoms with Crippen molar-refractivity contribution in [1.82, 2.24) is 19.6 Å². The van der Waals surface area contributed by atoms with Crippen LogP contribution in [0.25, 0.3) is 0 Å². The maximum atomic E-state index is 12.8. The third kappa shape index (κ3) is 5.56. The summed E-state index contributed by atoms with van der Waals surface area (Å²) in [5, 5.41) is 12.0. The number of carboxylic acid groups (broad SMARTS) is 1. The molecule has 0 saturated carbocycles. The minimum absolute atomic E-state index is 0.105. The molecule has 3 heterocycles. The van der Waals surface area contributed by atoms with Crippen molar-refractivity contribution in [3.05, 3.63) is 52.8 Å². The largest absolute Gasteiger partial charge is 0.490 e. The Morgan fingerprint density at radius 1 is 1.23 bits per heavy atom. The number of fused-ring (bicyclic) bond motifs is 1. The molecule has 1 aromatic heterocycles. The minimum Gasteiger partial charge on any atom is -0.475 e. The zero-order chi connectivity index (χ0) is 22.8. The summed E-state index contributed by atoms with van der Waals surface area (Å²) in [7, 11) is 1.94. The number of rotatable bonds is 3. The molecule has 1 aromatic carbocycles. The molecule has 4 rings (SSSR count). The molecule has 2 aliphatic rings. The number of aliphatic carboxylic acids is 1. The number of amides is 1. The molecule has 2 aromatic rings. The van der Waals surface area contributed by atoms with Gasteiger partial charge in [-0.25, -0.2) is 4.79 Å². The quantitative estimate of drug-likeness (QED) is 0.764. The lowest BCUT2D eigenvalue weighted by atomic mass is 10.1. The van der Waals surface area contributed by atoms with Crippen LogP contribution >= 0.6 is 11.6 Å². The number of aromatic nitrogens is 2. The molecule has 168 valence electrons. The number of carboxylic acids is 1. The molecule has 1 amide bonds. The molecule has 0 spiro atoms. The summed E-state index contributed by atoms with van der Waals surface area (Å²) >= 11 is 6.04. The predicted molar refractivity (Wildman–Crippen MR) is 107 cm³/mol. The Morgan fingerprint density at radius 2 is 1.90 bits per heavy atom. The van der Waals surface area contributed by atoms with Gasteiger partial charge in [0, 0.05) is 61.1 Å². The average Bonchev–Trinajstić information content (AvgIpc) is 3.39. The molecule has 0 bridgehead atoms. The molecule has 2 fully saturated rings. The van der Waals surface area contributed by atoms with Crippen LogP contribution in [0.2, 0.25) is 5.02 Å². The van der Waals surface area contributed by atoms with Gasteiger partial charge in [0.25, 0.3) is 5.91 Å². The molecule has 11 heteroatoms. The maximum Gasteiger partial charge on any atom is 0.490 e. The number of nitrogens with zero attached hydrogens (tertiary/aromatic N) is 4. The van der Waals surface area contributed by atoms with E-state index >= 15 is 0 Å². The van der Waals surface area contributed by atoms with Crippen LogP contribution in [0.15, 0.2) is 36.7 Å². The number of halogens is 4. The fourth-order valence-corrected chi connectivity index (χ4v) is 4.29. The van der Waals surface area contributed by atoms with E-state index in [1.807, 2.05) is 35.0 Å². The topological polar surface area (TPSA) is 78.7 Å². The number of likely N-dealkylation sites (tertiary alicyclic amines) is 2. The van der Waals surface area contributed by atoms with E-state index in [1.165, 1.54) is 5.56 Å². The van der Waals surface area contributed by atoms with Crippen LogP contribution in [0.5, 0.6) is 0 Å². The molecule has 2 aliphatic heterocycles. The van der Waals surface area contributed by atoms with E-state index in [-0.39, 0.29) is 5.91 Å². The third-order valence-electron chi connectivity index (χ3n) is 5.41. The zero-order valence-electron chi connectivity index (χ0n) is 16.7. The molecule has 0 radical (unpaired) electrons. The van der Waals surface area contributed by atoms with Gasteiger partial charge >= 0.3 is 12.1 Å². The summed E-state index contributed by atoms with van der Waals surface area (Å²) in [5.74, 6) is -2.65. The Labute approximate surface area is 182 Å². The standard InChI is InChI=1S/C18H21ClN4O.C2HF3O2/c1-21-11-13(10-20-21)12-22-7-5-17-16(22)6-8-23(17)18(24)14-3-2-4-15(19)9-14;3-2(4,5)1(6)7/h2-4,9-11,16-17H,5-8,12H2,1H3;(H,6,7)/t16-,17+;/m0./s1. The predicted octanol–water partition coefficient (Wildman–Crippen LogP) is 3.20. The Hall–Kier alpha value is -2.59. The number of carbonyl (C=O) groups is 2. The van der Waals surface area contributed by atoms with Crippen LogP contribution in [0.3, 0.4) is 0 Å². The normalized spacial score (nSPS) is 20.9. The molecular weight excluding hydrogens is 437 g/mol. The van der Waals surface area contributed by atoms with Crippen LogP contribution in [0, 0.1) is 0 Å². The van der Waals surface area contributed by atoms with Crippen LogP contribution < -0.4 is 0 Å². The van der Waals surface area contributed by atoms with Crippen LogP contribution in [0.1, 0.15) is 28.8 Å². The first-order valence-electron chi connectivity index (χ1n) is 9.64. The Bertz CT molecular complexity index is 950. The maximum absolute atomic E-state index is 12.8. The van der Waals surface area contributed by atoms with Crippen LogP contribution in [-0.4, -0.2) is 67.9 Å². The van der Waals surface area contributed by atoms with Gasteiger partial charge in [-0.2, -0.15) is 18.3 Å². The van der Waals surface area contributed by atoms with Gasteiger partial charge in [-0.1, -0.05) is 17.7 Å². The molecular formula is C20H22ClF3N4O3. The van der Waals surface area contributed by atoms with Crippen molar-refractivity contribution in [3.63, 3.8) is 0 Å². The fourth-order valence-electron chi connectivity index (χ4n) is 4.10. The first-order valence-corrected chi connectivity index (χ1v) is 10.0. The molecule has 7 nitrogen and oxygen atoms in total. The van der Waals surface area contributed by atoms with Crippen LogP contribution in [0.4, 0.5) is 13.2 Å². The second-order valence-electron chi connectivity index (χ2n) is 7.52. The van der Waals surface area contributed by atoms with E-state index in [0.29, 0.717) is 22.7 Å². The summed E-state index contributed by atoms with van der Waals surface area (Å²) in [5.41, 5.74) is 1.92. The highest BCUT2D eigenvalue weighted by molar-refractivity contribution is 6.30. The molecule has 2 atom stereocenters. The second kappa shape index (κ2) is 9.27.